The van der Waals surface area contributed by atoms with E-state index in [0.29, 0.717) is 11.4 Å². The summed E-state index contributed by atoms with van der Waals surface area (Å²) < 4.78 is 10.1. The lowest BCUT2D eigenvalue weighted by atomic mass is 9.95. The highest BCUT2D eigenvalue weighted by molar-refractivity contribution is 6.05. The Morgan fingerprint density at radius 1 is 1.45 bits per heavy atom. The van der Waals surface area contributed by atoms with Crippen molar-refractivity contribution in [2.75, 3.05) is 25.2 Å². The van der Waals surface area contributed by atoms with E-state index in [9.17, 15) is 9.59 Å². The van der Waals surface area contributed by atoms with Crippen LogP contribution in [-0.4, -0.2) is 49.4 Å². The van der Waals surface area contributed by atoms with E-state index in [2.05, 4.69) is 10.0 Å². The number of benzene rings is 1. The van der Waals surface area contributed by atoms with Crippen LogP contribution in [-0.2, 0) is 14.3 Å². The number of carbonyl (C=O) groups is 2. The average Bonchev–Trinajstić information content (AvgIpc) is 2.52. The van der Waals surface area contributed by atoms with Crippen LogP contribution in [0.2, 0.25) is 0 Å². The first kappa shape index (κ1) is 15.6. The van der Waals surface area contributed by atoms with Gasteiger partial charge < -0.3 is 19.5 Å². The Morgan fingerprint density at radius 2 is 2.14 bits per heavy atom. The summed E-state index contributed by atoms with van der Waals surface area (Å²) >= 11 is 0. The van der Waals surface area contributed by atoms with Gasteiger partial charge in [0, 0.05) is 10.6 Å². The highest BCUT2D eigenvalue weighted by Gasteiger charge is 2.47. The third kappa shape index (κ3) is 3.11. The Balaban J connectivity index is 2.14. The van der Waals surface area contributed by atoms with Crippen molar-refractivity contribution in [3.63, 3.8) is 0 Å². The van der Waals surface area contributed by atoms with E-state index in [1.165, 1.54) is 12.0 Å². The number of carboxylic acids is 1. The molecule has 0 bridgehead atoms. The SMILES string of the molecule is COc1ccc(N2C(=O)[C@@H](N=[N+]=[N-])[C@H]2COCC(=O)O)cc1. The maximum absolute atomic E-state index is 12.1. The van der Waals surface area contributed by atoms with Crippen LogP contribution < -0.4 is 9.64 Å². The van der Waals surface area contributed by atoms with Gasteiger partial charge in [-0.05, 0) is 29.8 Å². The van der Waals surface area contributed by atoms with Crippen molar-refractivity contribution in [2.24, 2.45) is 5.11 Å². The van der Waals surface area contributed by atoms with Crippen molar-refractivity contribution in [1.82, 2.24) is 0 Å². The van der Waals surface area contributed by atoms with E-state index < -0.39 is 24.7 Å². The molecule has 2 rings (SSSR count). The standard InChI is InChI=1S/C13H14N4O5/c1-21-9-4-2-8(3-5-9)17-10(6-22-7-11(18)19)12(13(17)20)15-16-14/h2-5,10,12H,6-7H2,1H3,(H,18,19)/t10-,12+/m1/s1. The summed E-state index contributed by atoms with van der Waals surface area (Å²) in [6.45, 7) is -0.516. The van der Waals surface area contributed by atoms with Gasteiger partial charge in [-0.1, -0.05) is 5.11 Å². The summed E-state index contributed by atoms with van der Waals surface area (Å²) in [6.07, 6.45) is 0. The second-order valence-electron chi connectivity index (χ2n) is 4.53. The fourth-order valence-corrected chi connectivity index (χ4v) is 2.21. The molecule has 22 heavy (non-hydrogen) atoms. The minimum Gasteiger partial charge on any atom is -0.497 e. The topological polar surface area (TPSA) is 125 Å². The molecule has 0 aliphatic carbocycles. The van der Waals surface area contributed by atoms with Crippen molar-refractivity contribution in [2.45, 2.75) is 12.1 Å². The number of anilines is 1. The summed E-state index contributed by atoms with van der Waals surface area (Å²) in [6, 6.07) is 5.34. The van der Waals surface area contributed by atoms with Gasteiger partial charge in [0.15, 0.2) is 0 Å². The van der Waals surface area contributed by atoms with Crippen molar-refractivity contribution < 1.29 is 24.2 Å². The largest absolute Gasteiger partial charge is 0.497 e. The number of β-lactam (4-membered cyclic amide) rings is 1. The minimum absolute atomic E-state index is 0.0340. The summed E-state index contributed by atoms with van der Waals surface area (Å²) in [7, 11) is 1.53. The predicted octanol–water partition coefficient (Wildman–Crippen LogP) is 1.19. The summed E-state index contributed by atoms with van der Waals surface area (Å²) in [4.78, 5) is 26.6. The minimum atomic E-state index is -1.11. The molecule has 1 aliphatic heterocycles. The third-order valence-electron chi connectivity index (χ3n) is 3.23. The number of hydrogen-bond donors (Lipinski definition) is 1. The molecule has 9 nitrogen and oxygen atoms in total. The van der Waals surface area contributed by atoms with Crippen molar-refractivity contribution >= 4 is 17.6 Å². The second-order valence-corrected chi connectivity index (χ2v) is 4.53. The molecule has 2 atom stereocenters. The normalized spacial score (nSPS) is 20.0. The number of nitrogens with zero attached hydrogens (tertiary/aromatic N) is 4. The molecule has 1 aromatic rings. The molecule has 116 valence electrons. The van der Waals surface area contributed by atoms with Crippen LogP contribution in [0.15, 0.2) is 29.4 Å². The zero-order valence-corrected chi connectivity index (χ0v) is 11.7. The number of rotatable bonds is 7. The molecule has 0 unspecified atom stereocenters. The lowest BCUT2D eigenvalue weighted by molar-refractivity contribution is -0.142. The van der Waals surface area contributed by atoms with Crippen LogP contribution in [0, 0.1) is 0 Å². The molecule has 1 N–H and O–H groups in total. The first-order chi connectivity index (χ1) is 10.6. The fourth-order valence-electron chi connectivity index (χ4n) is 2.21. The van der Waals surface area contributed by atoms with Gasteiger partial charge in [0.25, 0.3) is 0 Å². The molecule has 0 saturated carbocycles. The molecule has 1 aliphatic rings. The Hall–Kier alpha value is -2.77. The Bertz CT molecular complexity index is 611. The van der Waals surface area contributed by atoms with Gasteiger partial charge in [-0.15, -0.1) is 0 Å². The number of azide groups is 1. The number of methoxy groups -OCH3 is 1. The van der Waals surface area contributed by atoms with E-state index in [0.717, 1.165) is 0 Å². The molecule has 0 aromatic heterocycles. The van der Waals surface area contributed by atoms with Crippen LogP contribution >= 0.6 is 0 Å². The van der Waals surface area contributed by atoms with Crippen molar-refractivity contribution in [3.05, 3.63) is 34.7 Å². The summed E-state index contributed by atoms with van der Waals surface area (Å²) in [5.74, 6) is -0.823. The highest BCUT2D eigenvalue weighted by atomic mass is 16.5. The molecule has 0 spiro atoms. The monoisotopic (exact) mass is 306 g/mol. The smallest absolute Gasteiger partial charge is 0.329 e. The third-order valence-corrected chi connectivity index (χ3v) is 3.23. The number of carbonyl (C=O) groups excluding carboxylic acids is 1. The van der Waals surface area contributed by atoms with E-state index in [4.69, 9.17) is 20.1 Å². The first-order valence-corrected chi connectivity index (χ1v) is 6.39. The molecule has 9 heteroatoms. The molecule has 1 fully saturated rings. The van der Waals surface area contributed by atoms with Crippen LogP contribution in [0.3, 0.4) is 0 Å². The van der Waals surface area contributed by atoms with Crippen LogP contribution in [0.1, 0.15) is 0 Å². The van der Waals surface area contributed by atoms with Gasteiger partial charge in [0.05, 0.1) is 19.8 Å². The molecular weight excluding hydrogens is 292 g/mol. The number of carboxylic acid groups (broad SMARTS) is 1. The first-order valence-electron chi connectivity index (χ1n) is 6.39. The van der Waals surface area contributed by atoms with Gasteiger partial charge in [-0.2, -0.15) is 0 Å². The van der Waals surface area contributed by atoms with Crippen LogP contribution in [0.5, 0.6) is 5.75 Å². The fraction of sp³-hybridized carbons (Fsp3) is 0.385. The summed E-state index contributed by atoms with van der Waals surface area (Å²) in [5, 5.41) is 12.0. The second kappa shape index (κ2) is 6.79. The van der Waals surface area contributed by atoms with Gasteiger partial charge in [0.2, 0.25) is 5.91 Å². The molecule has 1 amide bonds. The zero-order chi connectivity index (χ0) is 16.1. The van der Waals surface area contributed by atoms with Crippen molar-refractivity contribution in [3.8, 4) is 5.75 Å². The van der Waals surface area contributed by atoms with E-state index >= 15 is 0 Å². The van der Waals surface area contributed by atoms with Gasteiger partial charge in [-0.3, -0.25) is 4.79 Å². The zero-order valence-electron chi connectivity index (χ0n) is 11.7. The molecule has 1 saturated heterocycles. The lowest BCUT2D eigenvalue weighted by Gasteiger charge is -2.44. The molecule has 1 heterocycles. The Labute approximate surface area is 125 Å². The Morgan fingerprint density at radius 3 is 2.68 bits per heavy atom. The lowest BCUT2D eigenvalue weighted by Crippen LogP contribution is -2.66. The number of amides is 1. The molecular formula is C13H14N4O5. The maximum Gasteiger partial charge on any atom is 0.329 e. The number of hydrogen-bond acceptors (Lipinski definition) is 5. The highest BCUT2D eigenvalue weighted by Crippen LogP contribution is 2.31. The maximum atomic E-state index is 12.1. The average molecular weight is 306 g/mol. The number of ether oxygens (including phenoxy) is 2. The van der Waals surface area contributed by atoms with Crippen molar-refractivity contribution in [1.29, 1.82) is 0 Å². The van der Waals surface area contributed by atoms with E-state index in [1.807, 2.05) is 0 Å². The summed E-state index contributed by atoms with van der Waals surface area (Å²) in [5.41, 5.74) is 9.11. The molecule has 0 radical (unpaired) electrons. The molecule has 1 aromatic carbocycles. The number of aliphatic carboxylic acids is 1. The van der Waals surface area contributed by atoms with Gasteiger partial charge in [-0.25, -0.2) is 4.79 Å². The van der Waals surface area contributed by atoms with Gasteiger partial charge in [0.1, 0.15) is 18.4 Å². The van der Waals surface area contributed by atoms with Crippen LogP contribution in [0.4, 0.5) is 5.69 Å². The predicted molar refractivity (Wildman–Crippen MR) is 75.7 cm³/mol. The van der Waals surface area contributed by atoms with E-state index in [1.54, 1.807) is 24.3 Å². The Kier molecular flexibility index (Phi) is 4.82. The van der Waals surface area contributed by atoms with Gasteiger partial charge >= 0.3 is 5.97 Å². The van der Waals surface area contributed by atoms with Crippen LogP contribution in [0.25, 0.3) is 10.4 Å². The van der Waals surface area contributed by atoms with E-state index in [-0.39, 0.29) is 12.5 Å². The quantitative estimate of drug-likeness (QED) is 0.350.